The van der Waals surface area contributed by atoms with Crippen LogP contribution in [0.1, 0.15) is 19.8 Å². The molecule has 0 atom stereocenters. The number of carbonyl (C=O) groups excluding carboxylic acids is 1. The van der Waals surface area contributed by atoms with Crippen LogP contribution < -0.4 is 9.80 Å². The third-order valence-electron chi connectivity index (χ3n) is 10.7. The highest BCUT2D eigenvalue weighted by atomic mass is 35.5. The van der Waals surface area contributed by atoms with Crippen molar-refractivity contribution in [3.05, 3.63) is 95.0 Å². The van der Waals surface area contributed by atoms with E-state index in [2.05, 4.69) is 109 Å². The largest absolute Gasteiger partial charge is 0.465 e. The molecular weight excluding hydrogens is 768 g/mol. The molecule has 2 fully saturated rings. The standard InChI is InChI=1S/C23H28ClN3O2S.C20H24ClN3S/c1-18(28)29-16-15-26-13-11-25(12-14-26)9-4-10-27-20-5-2-3-6-22(20)30-23-8-7-19(24)17-21(23)27;1-22-11-13-23(14-12-22)9-4-10-24-17-5-2-3-6-19(17)25-20-8-7-16(21)15-18(20)24/h2-3,5-8,17H,4,9-16H2,1H3;2-3,5-8,15H,4,9-14H2,1H3. The van der Waals surface area contributed by atoms with Gasteiger partial charge in [-0.2, -0.15) is 0 Å². The fourth-order valence-electron chi connectivity index (χ4n) is 7.62. The Hall–Kier alpha value is -2.93. The number of hydrogen-bond acceptors (Lipinski definition) is 10. The number of benzene rings is 4. The van der Waals surface area contributed by atoms with Crippen LogP contribution in [-0.4, -0.2) is 124 Å². The van der Waals surface area contributed by atoms with Crippen molar-refractivity contribution in [2.45, 2.75) is 39.3 Å². The fourth-order valence-corrected chi connectivity index (χ4v) is 10.1. The average Bonchev–Trinajstić information content (AvgIpc) is 3.19. The average molecular weight is 820 g/mol. The number of halogens is 2. The summed E-state index contributed by atoms with van der Waals surface area (Å²) in [6.45, 7) is 15.9. The van der Waals surface area contributed by atoms with Crippen LogP contribution in [0.15, 0.2) is 105 Å². The molecule has 4 aromatic rings. The molecule has 0 amide bonds. The molecule has 0 spiro atoms. The van der Waals surface area contributed by atoms with Crippen LogP contribution in [0, 0.1) is 0 Å². The summed E-state index contributed by atoms with van der Waals surface area (Å²) in [5, 5.41) is 1.59. The molecule has 0 saturated carbocycles. The maximum atomic E-state index is 10.9. The normalized spacial score (nSPS) is 17.4. The molecule has 0 N–H and O–H groups in total. The van der Waals surface area contributed by atoms with Gasteiger partial charge in [-0.1, -0.05) is 71.0 Å². The Bertz CT molecular complexity index is 1900. The van der Waals surface area contributed by atoms with Gasteiger partial charge in [0.15, 0.2) is 0 Å². The van der Waals surface area contributed by atoms with Crippen LogP contribution in [0.2, 0.25) is 10.0 Å². The zero-order valence-corrected chi connectivity index (χ0v) is 35.1. The summed E-state index contributed by atoms with van der Waals surface area (Å²) in [4.78, 5) is 30.9. The number of nitrogens with zero attached hydrogens (tertiary/aromatic N) is 6. The first-order valence-corrected chi connectivity index (χ1v) is 21.9. The maximum absolute atomic E-state index is 10.9. The lowest BCUT2D eigenvalue weighted by Crippen LogP contribution is -2.47. The van der Waals surface area contributed by atoms with Gasteiger partial charge in [0.2, 0.25) is 0 Å². The Balaban J connectivity index is 0.000000172. The highest BCUT2D eigenvalue weighted by molar-refractivity contribution is 8.00. The van der Waals surface area contributed by atoms with Crippen molar-refractivity contribution >= 4 is 75.4 Å². The number of piperazine rings is 2. The van der Waals surface area contributed by atoms with Gasteiger partial charge in [-0.15, -0.1) is 0 Å². The number of anilines is 4. The molecular formula is C43H52Cl2N6O2S2. The van der Waals surface area contributed by atoms with Crippen LogP contribution in [-0.2, 0) is 9.53 Å². The number of fused-ring (bicyclic) bond motifs is 4. The molecule has 0 aliphatic carbocycles. The molecule has 0 unspecified atom stereocenters. The van der Waals surface area contributed by atoms with E-state index < -0.39 is 0 Å². The van der Waals surface area contributed by atoms with Crippen LogP contribution >= 0.6 is 46.7 Å². The van der Waals surface area contributed by atoms with Crippen molar-refractivity contribution in [1.29, 1.82) is 0 Å². The highest BCUT2D eigenvalue weighted by Crippen LogP contribution is 2.50. The Morgan fingerprint density at radius 2 is 0.982 bits per heavy atom. The number of rotatable bonds is 11. The molecule has 8 nitrogen and oxygen atoms in total. The fraction of sp³-hybridized carbons (Fsp3) is 0.419. The SMILES string of the molecule is CC(=O)OCCN1CCN(CCCN2c3ccccc3Sc3ccc(Cl)cc32)CC1.CN1CCN(CCCN2c3ccccc3Sc3ccc(Cl)cc32)CC1. The monoisotopic (exact) mass is 818 g/mol. The number of carbonyl (C=O) groups is 1. The zero-order chi connectivity index (χ0) is 38.1. The van der Waals surface area contributed by atoms with Crippen LogP contribution in [0.25, 0.3) is 0 Å². The minimum absolute atomic E-state index is 0.200. The third kappa shape index (κ3) is 10.7. The lowest BCUT2D eigenvalue weighted by Gasteiger charge is -2.36. The highest BCUT2D eigenvalue weighted by Gasteiger charge is 2.25. The van der Waals surface area contributed by atoms with Crippen molar-refractivity contribution in [2.24, 2.45) is 0 Å². The summed E-state index contributed by atoms with van der Waals surface area (Å²) in [7, 11) is 2.21. The Kier molecular flexibility index (Phi) is 14.3. The van der Waals surface area contributed by atoms with Gasteiger partial charge < -0.3 is 29.2 Å². The minimum Gasteiger partial charge on any atom is -0.465 e. The molecule has 8 rings (SSSR count). The van der Waals surface area contributed by atoms with Crippen molar-refractivity contribution in [3.8, 4) is 0 Å². The topological polar surface area (TPSA) is 45.7 Å². The van der Waals surface area contributed by atoms with Gasteiger partial charge in [-0.05, 0) is 93.6 Å². The summed E-state index contributed by atoms with van der Waals surface area (Å²) >= 11 is 16.3. The van der Waals surface area contributed by atoms with Crippen LogP contribution in [0.3, 0.4) is 0 Å². The molecule has 4 aliphatic heterocycles. The summed E-state index contributed by atoms with van der Waals surface area (Å²) in [6, 6.07) is 29.7. The quantitative estimate of drug-likeness (QED) is 0.137. The van der Waals surface area contributed by atoms with E-state index in [4.69, 9.17) is 27.9 Å². The van der Waals surface area contributed by atoms with E-state index in [9.17, 15) is 4.79 Å². The van der Waals surface area contributed by atoms with Gasteiger partial charge in [-0.25, -0.2) is 0 Å². The van der Waals surface area contributed by atoms with Crippen molar-refractivity contribution in [2.75, 3.05) is 109 Å². The Labute approximate surface area is 345 Å². The molecule has 0 aromatic heterocycles. The number of para-hydroxylation sites is 2. The summed E-state index contributed by atoms with van der Waals surface area (Å²) in [5.41, 5.74) is 5.03. The summed E-state index contributed by atoms with van der Waals surface area (Å²) in [5.74, 6) is -0.200. The zero-order valence-electron chi connectivity index (χ0n) is 32.0. The second-order valence-corrected chi connectivity index (χ2v) is 17.6. The predicted molar refractivity (Wildman–Crippen MR) is 231 cm³/mol. The van der Waals surface area contributed by atoms with Gasteiger partial charge in [0.05, 0.1) is 22.7 Å². The Morgan fingerprint density at radius 1 is 0.564 bits per heavy atom. The van der Waals surface area contributed by atoms with Gasteiger partial charge in [0, 0.05) is 109 Å². The van der Waals surface area contributed by atoms with Crippen molar-refractivity contribution < 1.29 is 9.53 Å². The van der Waals surface area contributed by atoms with Crippen molar-refractivity contribution in [3.63, 3.8) is 0 Å². The lowest BCUT2D eigenvalue weighted by atomic mass is 10.2. The van der Waals surface area contributed by atoms with Gasteiger partial charge in [0.1, 0.15) is 6.61 Å². The molecule has 12 heteroatoms. The second kappa shape index (κ2) is 19.5. The smallest absolute Gasteiger partial charge is 0.302 e. The first-order valence-electron chi connectivity index (χ1n) is 19.5. The van der Waals surface area contributed by atoms with E-state index in [0.29, 0.717) is 6.61 Å². The van der Waals surface area contributed by atoms with Gasteiger partial charge >= 0.3 is 5.97 Å². The molecule has 292 valence electrons. The molecule has 4 aromatic carbocycles. The molecule has 4 aliphatic rings. The van der Waals surface area contributed by atoms with E-state index in [1.165, 1.54) is 75.4 Å². The minimum atomic E-state index is -0.200. The van der Waals surface area contributed by atoms with Crippen molar-refractivity contribution in [1.82, 2.24) is 19.6 Å². The predicted octanol–water partition coefficient (Wildman–Crippen LogP) is 9.09. The molecule has 0 radical (unpaired) electrons. The number of hydrogen-bond donors (Lipinski definition) is 0. The third-order valence-corrected chi connectivity index (χ3v) is 13.4. The molecule has 55 heavy (non-hydrogen) atoms. The Morgan fingerprint density at radius 3 is 1.45 bits per heavy atom. The van der Waals surface area contributed by atoms with Gasteiger partial charge in [0.25, 0.3) is 0 Å². The number of ether oxygens (including phenoxy) is 1. The molecule has 2 saturated heterocycles. The molecule has 4 heterocycles. The van der Waals surface area contributed by atoms with Gasteiger partial charge in [-0.3, -0.25) is 9.69 Å². The maximum Gasteiger partial charge on any atom is 0.302 e. The van der Waals surface area contributed by atoms with Crippen LogP contribution in [0.5, 0.6) is 0 Å². The first kappa shape index (κ1) is 40.3. The molecule has 0 bridgehead atoms. The van der Waals surface area contributed by atoms with E-state index in [1.54, 1.807) is 0 Å². The number of esters is 1. The van der Waals surface area contributed by atoms with Crippen LogP contribution in [0.4, 0.5) is 22.7 Å². The lowest BCUT2D eigenvalue weighted by molar-refractivity contribution is -0.141. The van der Waals surface area contributed by atoms with E-state index >= 15 is 0 Å². The van der Waals surface area contributed by atoms with E-state index in [0.717, 1.165) is 81.8 Å². The first-order chi connectivity index (χ1) is 26.8. The van der Waals surface area contributed by atoms with E-state index in [-0.39, 0.29) is 5.97 Å². The number of likely N-dealkylation sites (N-methyl/N-ethyl adjacent to an activating group) is 1. The summed E-state index contributed by atoms with van der Waals surface area (Å²) < 4.78 is 5.06. The summed E-state index contributed by atoms with van der Waals surface area (Å²) in [6.07, 6.45) is 2.26. The second-order valence-electron chi connectivity index (χ2n) is 14.5. The van der Waals surface area contributed by atoms with E-state index in [1.807, 2.05) is 35.7 Å².